The highest BCUT2D eigenvalue weighted by Gasteiger charge is 2.29. The van der Waals surface area contributed by atoms with Crippen molar-refractivity contribution in [2.75, 3.05) is 39.5 Å². The molecular weight excluding hydrogens is 457 g/mol. The van der Waals surface area contributed by atoms with Crippen molar-refractivity contribution in [3.63, 3.8) is 0 Å². The minimum Gasteiger partial charge on any atom is -0.388 e. The van der Waals surface area contributed by atoms with Gasteiger partial charge >= 0.3 is 0 Å². The van der Waals surface area contributed by atoms with E-state index in [9.17, 15) is 5.11 Å². The molecule has 1 aliphatic heterocycles. The van der Waals surface area contributed by atoms with Gasteiger partial charge in [-0.2, -0.15) is 0 Å². The van der Waals surface area contributed by atoms with Gasteiger partial charge in [0.25, 0.3) is 0 Å². The largest absolute Gasteiger partial charge is 0.388 e. The van der Waals surface area contributed by atoms with Crippen LogP contribution in [-0.4, -0.2) is 56.1 Å². The maximum atomic E-state index is 10.5. The molecule has 0 radical (unpaired) electrons. The Balaban J connectivity index is 0.00000364. The molecule has 154 valence electrons. The lowest BCUT2D eigenvalue weighted by molar-refractivity contribution is -0.0566. The number of nitrogens with one attached hydrogen (secondary N) is 2. The fourth-order valence-corrected chi connectivity index (χ4v) is 2.84. The molecule has 1 saturated heterocycles. The molecular formula is C20H34IN3O3. The molecule has 0 aromatic heterocycles. The van der Waals surface area contributed by atoms with Gasteiger partial charge in [-0.1, -0.05) is 30.3 Å². The number of halogens is 1. The fraction of sp³-hybridized carbons (Fsp3) is 0.650. The lowest BCUT2D eigenvalue weighted by Crippen LogP contribution is -2.42. The SMILES string of the molecule is CCNC(=NCC1(O)CCOCC1)NCCCOC(C)c1ccccc1.I. The van der Waals surface area contributed by atoms with Crippen LogP contribution in [0.3, 0.4) is 0 Å². The molecule has 27 heavy (non-hydrogen) atoms. The molecule has 3 N–H and O–H groups in total. The van der Waals surface area contributed by atoms with Gasteiger partial charge in [0.2, 0.25) is 0 Å². The van der Waals surface area contributed by atoms with E-state index in [1.807, 2.05) is 25.1 Å². The average Bonchev–Trinajstić information content (AvgIpc) is 2.67. The highest BCUT2D eigenvalue weighted by molar-refractivity contribution is 14.0. The molecule has 2 rings (SSSR count). The Morgan fingerprint density at radius 1 is 1.26 bits per heavy atom. The standard InChI is InChI=1S/C20H33N3O3.HI/c1-3-21-19(23-16-20(24)10-14-25-15-11-20)22-12-7-13-26-17(2)18-8-5-4-6-9-18;/h4-6,8-9,17,24H,3,7,10-16H2,1-2H3,(H2,21,22,23);1H. The number of rotatable bonds is 9. The number of guanidine groups is 1. The first kappa shape index (κ1) is 24.1. The molecule has 1 aliphatic rings. The summed E-state index contributed by atoms with van der Waals surface area (Å²) in [5, 5.41) is 17.0. The third-order valence-electron chi connectivity index (χ3n) is 4.55. The maximum absolute atomic E-state index is 10.5. The highest BCUT2D eigenvalue weighted by atomic mass is 127. The van der Waals surface area contributed by atoms with Crippen LogP contribution >= 0.6 is 24.0 Å². The van der Waals surface area contributed by atoms with Crippen LogP contribution in [-0.2, 0) is 9.47 Å². The van der Waals surface area contributed by atoms with Gasteiger partial charge in [-0.15, -0.1) is 24.0 Å². The van der Waals surface area contributed by atoms with Gasteiger partial charge in [-0.05, 0) is 25.8 Å². The average molecular weight is 491 g/mol. The number of aliphatic imine (C=N–C) groups is 1. The lowest BCUT2D eigenvalue weighted by Gasteiger charge is -2.30. The first-order chi connectivity index (χ1) is 12.6. The predicted octanol–water partition coefficient (Wildman–Crippen LogP) is 2.87. The lowest BCUT2D eigenvalue weighted by atomic mass is 9.95. The van der Waals surface area contributed by atoms with Crippen LogP contribution < -0.4 is 10.6 Å². The summed E-state index contributed by atoms with van der Waals surface area (Å²) in [5.41, 5.74) is 0.453. The van der Waals surface area contributed by atoms with Crippen molar-refractivity contribution in [1.82, 2.24) is 10.6 Å². The smallest absolute Gasteiger partial charge is 0.191 e. The number of nitrogens with zero attached hydrogens (tertiary/aromatic N) is 1. The van der Waals surface area contributed by atoms with Crippen molar-refractivity contribution in [3.8, 4) is 0 Å². The summed E-state index contributed by atoms with van der Waals surface area (Å²) in [5.74, 6) is 0.739. The summed E-state index contributed by atoms with van der Waals surface area (Å²) in [6.45, 7) is 7.95. The quantitative estimate of drug-likeness (QED) is 0.215. The zero-order valence-corrected chi connectivity index (χ0v) is 18.8. The minimum absolute atomic E-state index is 0. The number of ether oxygens (including phenoxy) is 2. The van der Waals surface area contributed by atoms with E-state index in [-0.39, 0.29) is 30.1 Å². The highest BCUT2D eigenvalue weighted by Crippen LogP contribution is 2.20. The number of hydrogen-bond acceptors (Lipinski definition) is 4. The summed E-state index contributed by atoms with van der Waals surface area (Å²) < 4.78 is 11.2. The Morgan fingerprint density at radius 3 is 2.63 bits per heavy atom. The second kappa shape index (κ2) is 13.3. The summed E-state index contributed by atoms with van der Waals surface area (Å²) in [6, 6.07) is 10.2. The van der Waals surface area contributed by atoms with E-state index in [1.54, 1.807) is 0 Å². The van der Waals surface area contributed by atoms with Gasteiger partial charge in [0.15, 0.2) is 5.96 Å². The van der Waals surface area contributed by atoms with Gasteiger partial charge in [-0.25, -0.2) is 0 Å². The molecule has 6 nitrogen and oxygen atoms in total. The molecule has 0 saturated carbocycles. The van der Waals surface area contributed by atoms with Crippen molar-refractivity contribution >= 4 is 29.9 Å². The van der Waals surface area contributed by atoms with Crippen molar-refractivity contribution in [1.29, 1.82) is 0 Å². The Hall–Kier alpha value is -0.900. The van der Waals surface area contributed by atoms with Crippen LogP contribution in [0.15, 0.2) is 35.3 Å². The van der Waals surface area contributed by atoms with E-state index in [0.717, 1.165) is 25.5 Å². The zero-order valence-electron chi connectivity index (χ0n) is 16.4. The van der Waals surface area contributed by atoms with Crippen LogP contribution in [0.4, 0.5) is 0 Å². The van der Waals surface area contributed by atoms with E-state index in [4.69, 9.17) is 9.47 Å². The van der Waals surface area contributed by atoms with Crippen molar-refractivity contribution < 1.29 is 14.6 Å². The molecule has 7 heteroatoms. The Labute approximate surface area is 180 Å². The molecule has 1 heterocycles. The Kier molecular flexibility index (Phi) is 11.9. The van der Waals surface area contributed by atoms with E-state index in [0.29, 0.717) is 39.2 Å². The van der Waals surface area contributed by atoms with E-state index >= 15 is 0 Å². The summed E-state index contributed by atoms with van der Waals surface area (Å²) >= 11 is 0. The molecule has 0 bridgehead atoms. The monoisotopic (exact) mass is 491 g/mol. The first-order valence-corrected chi connectivity index (χ1v) is 9.62. The third-order valence-corrected chi connectivity index (χ3v) is 4.55. The second-order valence-electron chi connectivity index (χ2n) is 6.74. The molecule has 1 unspecified atom stereocenters. The van der Waals surface area contributed by atoms with Crippen LogP contribution in [0, 0.1) is 0 Å². The second-order valence-corrected chi connectivity index (χ2v) is 6.74. The van der Waals surface area contributed by atoms with Crippen LogP contribution in [0.2, 0.25) is 0 Å². The number of benzene rings is 1. The molecule has 1 aromatic carbocycles. The van der Waals surface area contributed by atoms with Gasteiger partial charge in [0.1, 0.15) is 0 Å². The van der Waals surface area contributed by atoms with Gasteiger partial charge < -0.3 is 25.2 Å². The molecule has 0 aliphatic carbocycles. The number of aliphatic hydroxyl groups is 1. The third kappa shape index (κ3) is 9.23. The van der Waals surface area contributed by atoms with Crippen LogP contribution in [0.1, 0.15) is 44.8 Å². The predicted molar refractivity (Wildman–Crippen MR) is 120 cm³/mol. The Bertz CT molecular complexity index is 537. The fourth-order valence-electron chi connectivity index (χ4n) is 2.84. The van der Waals surface area contributed by atoms with Crippen molar-refractivity contribution in [3.05, 3.63) is 35.9 Å². The summed E-state index contributed by atoms with van der Waals surface area (Å²) in [4.78, 5) is 4.54. The maximum Gasteiger partial charge on any atom is 0.191 e. The first-order valence-electron chi connectivity index (χ1n) is 9.62. The van der Waals surface area contributed by atoms with Gasteiger partial charge in [0, 0.05) is 45.8 Å². The topological polar surface area (TPSA) is 75.1 Å². The van der Waals surface area contributed by atoms with E-state index in [1.165, 1.54) is 5.56 Å². The zero-order chi connectivity index (χ0) is 18.7. The van der Waals surface area contributed by atoms with Gasteiger partial charge in [-0.3, -0.25) is 4.99 Å². The van der Waals surface area contributed by atoms with E-state index < -0.39 is 5.60 Å². The Morgan fingerprint density at radius 2 is 1.96 bits per heavy atom. The van der Waals surface area contributed by atoms with Crippen LogP contribution in [0.5, 0.6) is 0 Å². The van der Waals surface area contributed by atoms with Crippen molar-refractivity contribution in [2.45, 2.75) is 44.8 Å². The summed E-state index contributed by atoms with van der Waals surface area (Å²) in [7, 11) is 0. The molecule has 1 fully saturated rings. The molecule has 0 amide bonds. The molecule has 1 aromatic rings. The minimum atomic E-state index is -0.741. The molecule has 1 atom stereocenters. The van der Waals surface area contributed by atoms with Gasteiger partial charge in [0.05, 0.1) is 18.2 Å². The van der Waals surface area contributed by atoms with E-state index in [2.05, 4.69) is 34.7 Å². The summed E-state index contributed by atoms with van der Waals surface area (Å²) in [6.07, 6.45) is 2.27. The van der Waals surface area contributed by atoms with Crippen LogP contribution in [0.25, 0.3) is 0 Å². The normalized spacial score (nSPS) is 17.7. The van der Waals surface area contributed by atoms with Crippen molar-refractivity contribution in [2.24, 2.45) is 4.99 Å². The molecule has 0 spiro atoms. The number of hydrogen-bond donors (Lipinski definition) is 3.